The molecule has 238 valence electrons. The van der Waals surface area contributed by atoms with E-state index in [1.54, 1.807) is 0 Å². The molecular formula is C45H36N2O2. The van der Waals surface area contributed by atoms with Gasteiger partial charge in [0.25, 0.3) is 0 Å². The zero-order valence-corrected chi connectivity index (χ0v) is 28.1. The van der Waals surface area contributed by atoms with Crippen molar-refractivity contribution in [2.75, 3.05) is 0 Å². The summed E-state index contributed by atoms with van der Waals surface area (Å²) in [5, 5.41) is 5.22. The first kappa shape index (κ1) is 29.4. The molecule has 0 N–H and O–H groups in total. The van der Waals surface area contributed by atoms with Crippen LogP contribution in [0.15, 0.2) is 137 Å². The van der Waals surface area contributed by atoms with Crippen LogP contribution in [0.1, 0.15) is 73.3 Å². The fourth-order valence-corrected chi connectivity index (χ4v) is 7.69. The predicted molar refractivity (Wildman–Crippen MR) is 202 cm³/mol. The second-order valence-electron chi connectivity index (χ2n) is 13.7. The predicted octanol–water partition coefficient (Wildman–Crippen LogP) is 12.6. The largest absolute Gasteiger partial charge is 0.457 e. The normalized spacial score (nSPS) is 14.4. The molecule has 0 bridgehead atoms. The highest BCUT2D eigenvalue weighted by Gasteiger charge is 2.34. The summed E-state index contributed by atoms with van der Waals surface area (Å²) in [5.41, 5.74) is 11.2. The number of ether oxygens (including phenoxy) is 1. The fraction of sp³-hybridized carbons (Fsp3) is 0.156. The molecule has 4 nitrogen and oxygen atoms in total. The summed E-state index contributed by atoms with van der Waals surface area (Å²) in [5.74, 6) is 2.33. The Kier molecular flexibility index (Phi) is 6.87. The average molecular weight is 637 g/mol. The van der Waals surface area contributed by atoms with E-state index in [0.29, 0.717) is 11.8 Å². The molecule has 8 aromatic rings. The summed E-state index contributed by atoms with van der Waals surface area (Å²) in [6.45, 7) is 9.15. The third kappa shape index (κ3) is 4.82. The van der Waals surface area contributed by atoms with Crippen molar-refractivity contribution in [3.63, 3.8) is 0 Å². The Morgan fingerprint density at radius 3 is 2.20 bits per heavy atom. The number of hydrogen-bond donors (Lipinski definition) is 0. The van der Waals surface area contributed by atoms with Crippen molar-refractivity contribution in [2.45, 2.75) is 45.4 Å². The summed E-state index contributed by atoms with van der Waals surface area (Å²) in [4.78, 5) is 10.2. The van der Waals surface area contributed by atoms with E-state index in [1.807, 2.05) is 36.5 Å². The molecule has 1 aliphatic heterocycles. The van der Waals surface area contributed by atoms with E-state index in [2.05, 4.69) is 119 Å². The van der Waals surface area contributed by atoms with Crippen LogP contribution in [0.3, 0.4) is 0 Å². The molecule has 49 heavy (non-hydrogen) atoms. The molecule has 3 heterocycles. The van der Waals surface area contributed by atoms with Crippen molar-refractivity contribution >= 4 is 55.0 Å². The van der Waals surface area contributed by atoms with E-state index in [9.17, 15) is 0 Å². The van der Waals surface area contributed by atoms with Gasteiger partial charge in [0.05, 0.1) is 22.8 Å². The Labute approximate surface area is 285 Å². The van der Waals surface area contributed by atoms with Crippen molar-refractivity contribution < 1.29 is 9.15 Å². The standard InChI is InChI=1S/C45H36N2O2/c1-26(2)32-15-10-16-33(27(3)4)41(32)42-35-14-5-7-17-39(35)47-43(42)29-11-9-12-30(23-29)48-31-21-19-28-20-22-36-44(37(28)24-31)46-25-38-34-13-6-8-18-40(34)49-45(36)38/h5-27,42H,1-4H3. The van der Waals surface area contributed by atoms with E-state index >= 15 is 0 Å². The molecular weight excluding hydrogens is 601 g/mol. The number of benzene rings is 6. The number of aromatic nitrogens is 1. The average Bonchev–Trinajstić information content (AvgIpc) is 3.70. The second-order valence-corrected chi connectivity index (χ2v) is 13.7. The number of rotatable bonds is 6. The van der Waals surface area contributed by atoms with Crippen LogP contribution in [0.4, 0.5) is 5.69 Å². The minimum atomic E-state index is 0.0376. The first-order valence-corrected chi connectivity index (χ1v) is 17.2. The molecule has 2 aromatic heterocycles. The Bertz CT molecular complexity index is 2580. The summed E-state index contributed by atoms with van der Waals surface area (Å²) < 4.78 is 12.9. The van der Waals surface area contributed by atoms with Crippen LogP contribution in [0.2, 0.25) is 0 Å². The van der Waals surface area contributed by atoms with Crippen molar-refractivity contribution in [1.82, 2.24) is 4.98 Å². The Morgan fingerprint density at radius 2 is 1.37 bits per heavy atom. The van der Waals surface area contributed by atoms with Crippen LogP contribution in [-0.4, -0.2) is 10.7 Å². The van der Waals surface area contributed by atoms with E-state index < -0.39 is 0 Å². The molecule has 0 amide bonds. The zero-order valence-electron chi connectivity index (χ0n) is 28.1. The number of fused-ring (bicyclic) bond motifs is 8. The maximum absolute atomic E-state index is 6.61. The molecule has 1 unspecified atom stereocenters. The van der Waals surface area contributed by atoms with Crippen LogP contribution in [0.25, 0.3) is 43.6 Å². The van der Waals surface area contributed by atoms with E-state index in [1.165, 1.54) is 22.3 Å². The Balaban J connectivity index is 1.12. The SMILES string of the molecule is CC(C)c1cccc(C(C)C)c1C1C(c2cccc(Oc3ccc4ccc5c(ncc6c7ccccc7oc65)c4c3)c2)=Nc2ccccc21. The number of hydrogen-bond acceptors (Lipinski definition) is 4. The smallest absolute Gasteiger partial charge is 0.146 e. The number of furan rings is 1. The lowest BCUT2D eigenvalue weighted by Crippen LogP contribution is -2.17. The van der Waals surface area contributed by atoms with Gasteiger partial charge in [0.15, 0.2) is 0 Å². The molecule has 6 aromatic carbocycles. The van der Waals surface area contributed by atoms with Crippen molar-refractivity contribution in [3.05, 3.63) is 155 Å². The van der Waals surface area contributed by atoms with Crippen molar-refractivity contribution in [2.24, 2.45) is 4.99 Å². The van der Waals surface area contributed by atoms with Gasteiger partial charge in [-0.05, 0) is 81.9 Å². The molecule has 0 saturated heterocycles. The van der Waals surface area contributed by atoms with Crippen LogP contribution in [0.5, 0.6) is 11.5 Å². The maximum atomic E-state index is 6.61. The highest BCUT2D eigenvalue weighted by atomic mass is 16.5. The second kappa shape index (κ2) is 11.5. The third-order valence-electron chi connectivity index (χ3n) is 10.00. The zero-order chi connectivity index (χ0) is 33.2. The van der Waals surface area contributed by atoms with Gasteiger partial charge < -0.3 is 9.15 Å². The number of para-hydroxylation sites is 2. The lowest BCUT2D eigenvalue weighted by atomic mass is 9.76. The monoisotopic (exact) mass is 636 g/mol. The van der Waals surface area contributed by atoms with Gasteiger partial charge in [0.2, 0.25) is 0 Å². The molecule has 1 atom stereocenters. The fourth-order valence-electron chi connectivity index (χ4n) is 7.69. The number of nitrogens with zero attached hydrogens (tertiary/aromatic N) is 2. The van der Waals surface area contributed by atoms with Crippen LogP contribution in [-0.2, 0) is 0 Å². The lowest BCUT2D eigenvalue weighted by molar-refractivity contribution is 0.483. The first-order chi connectivity index (χ1) is 23.9. The lowest BCUT2D eigenvalue weighted by Gasteiger charge is -2.26. The molecule has 0 fully saturated rings. The molecule has 1 aliphatic rings. The molecule has 9 rings (SSSR count). The Morgan fingerprint density at radius 1 is 0.633 bits per heavy atom. The summed E-state index contributed by atoms with van der Waals surface area (Å²) in [7, 11) is 0. The van der Waals surface area contributed by atoms with Gasteiger partial charge in [0, 0.05) is 33.3 Å². The summed E-state index contributed by atoms with van der Waals surface area (Å²) in [6, 6.07) is 42.4. The summed E-state index contributed by atoms with van der Waals surface area (Å²) >= 11 is 0. The van der Waals surface area contributed by atoms with Crippen LogP contribution >= 0.6 is 0 Å². The van der Waals surface area contributed by atoms with Gasteiger partial charge in [0.1, 0.15) is 22.7 Å². The van der Waals surface area contributed by atoms with Gasteiger partial charge >= 0.3 is 0 Å². The minimum Gasteiger partial charge on any atom is -0.457 e. The van der Waals surface area contributed by atoms with E-state index in [4.69, 9.17) is 19.1 Å². The molecule has 4 heteroatoms. The highest BCUT2D eigenvalue weighted by Crippen LogP contribution is 2.46. The van der Waals surface area contributed by atoms with Crippen molar-refractivity contribution in [1.29, 1.82) is 0 Å². The van der Waals surface area contributed by atoms with Gasteiger partial charge in [-0.25, -0.2) is 0 Å². The maximum Gasteiger partial charge on any atom is 0.146 e. The van der Waals surface area contributed by atoms with Crippen LogP contribution in [0, 0.1) is 0 Å². The van der Waals surface area contributed by atoms with Gasteiger partial charge in [-0.15, -0.1) is 0 Å². The molecule has 0 radical (unpaired) electrons. The van der Waals surface area contributed by atoms with Gasteiger partial charge in [-0.2, -0.15) is 0 Å². The minimum absolute atomic E-state index is 0.0376. The van der Waals surface area contributed by atoms with E-state index in [-0.39, 0.29) is 5.92 Å². The van der Waals surface area contributed by atoms with Crippen LogP contribution < -0.4 is 4.74 Å². The first-order valence-electron chi connectivity index (χ1n) is 17.2. The van der Waals surface area contributed by atoms with Gasteiger partial charge in [-0.1, -0.05) is 107 Å². The topological polar surface area (TPSA) is 47.6 Å². The number of pyridine rings is 1. The quantitative estimate of drug-likeness (QED) is 0.171. The molecule has 0 saturated carbocycles. The highest BCUT2D eigenvalue weighted by molar-refractivity contribution is 6.18. The van der Waals surface area contributed by atoms with E-state index in [0.717, 1.165) is 72.1 Å². The Hall–Kier alpha value is -5.74. The molecule has 0 spiro atoms. The summed E-state index contributed by atoms with van der Waals surface area (Å²) in [6.07, 6.45) is 1.93. The third-order valence-corrected chi connectivity index (χ3v) is 10.00. The van der Waals surface area contributed by atoms with Gasteiger partial charge in [-0.3, -0.25) is 9.98 Å². The molecule has 0 aliphatic carbocycles. The number of aliphatic imine (C=N–C) groups is 1. The van der Waals surface area contributed by atoms with Crippen molar-refractivity contribution in [3.8, 4) is 11.5 Å².